The topological polar surface area (TPSA) is 86.7 Å². The van der Waals surface area contributed by atoms with E-state index in [2.05, 4.69) is 31.0 Å². The lowest BCUT2D eigenvalue weighted by Gasteiger charge is -1.98. The van der Waals surface area contributed by atoms with Gasteiger partial charge in [-0.15, -0.1) is 0 Å². The fourth-order valence-corrected chi connectivity index (χ4v) is 1.19. The summed E-state index contributed by atoms with van der Waals surface area (Å²) in [5.41, 5.74) is 6.07. The molecular formula is C8H6BrN5O. The molecule has 0 unspecified atom stereocenters. The Balaban J connectivity index is 2.32. The summed E-state index contributed by atoms with van der Waals surface area (Å²) >= 11 is 3.13. The van der Waals surface area contributed by atoms with Crippen molar-refractivity contribution in [2.75, 3.05) is 5.73 Å². The Morgan fingerprint density at radius 1 is 1.33 bits per heavy atom. The summed E-state index contributed by atoms with van der Waals surface area (Å²) in [5.74, 6) is -0.369. The van der Waals surface area contributed by atoms with Gasteiger partial charge >= 0.3 is 0 Å². The number of aromatic nitrogens is 4. The maximum atomic E-state index is 11.7. The van der Waals surface area contributed by atoms with Crippen LogP contribution in [0.1, 0.15) is 10.5 Å². The first-order valence-electron chi connectivity index (χ1n) is 3.99. The highest BCUT2D eigenvalue weighted by Gasteiger charge is 2.11. The van der Waals surface area contributed by atoms with Crippen LogP contribution in [0.2, 0.25) is 0 Å². The summed E-state index contributed by atoms with van der Waals surface area (Å²) in [6, 6.07) is 0. The monoisotopic (exact) mass is 267 g/mol. The minimum Gasteiger partial charge on any atom is -0.396 e. The molecule has 2 rings (SSSR count). The molecule has 0 atom stereocenters. The first-order chi connectivity index (χ1) is 7.16. The first-order valence-corrected chi connectivity index (χ1v) is 4.78. The second-order valence-electron chi connectivity index (χ2n) is 2.75. The molecule has 0 saturated heterocycles. The second kappa shape index (κ2) is 3.77. The highest BCUT2D eigenvalue weighted by atomic mass is 79.9. The predicted molar refractivity (Wildman–Crippen MR) is 56.1 cm³/mol. The largest absolute Gasteiger partial charge is 0.396 e. The predicted octanol–water partition coefficient (Wildman–Crippen LogP) is 0.706. The van der Waals surface area contributed by atoms with E-state index in [1.165, 1.54) is 24.8 Å². The van der Waals surface area contributed by atoms with Gasteiger partial charge in [0, 0.05) is 0 Å². The number of hydrogen-bond acceptors (Lipinski definition) is 5. The average Bonchev–Trinajstić information content (AvgIpc) is 2.65. The molecule has 0 amide bonds. The lowest BCUT2D eigenvalue weighted by Crippen LogP contribution is -2.14. The molecule has 7 heteroatoms. The Morgan fingerprint density at radius 3 is 2.67 bits per heavy atom. The van der Waals surface area contributed by atoms with Crippen molar-refractivity contribution in [2.45, 2.75) is 0 Å². The molecule has 0 aliphatic carbocycles. The standard InChI is InChI=1S/C8H6BrN5O/c9-7-3-11-6(2-12-7)8(15)14-4-5(10)1-13-14/h1-4H,10H2. The molecule has 2 heterocycles. The number of hydrogen-bond donors (Lipinski definition) is 1. The van der Waals surface area contributed by atoms with E-state index < -0.39 is 0 Å². The minimum absolute atomic E-state index is 0.210. The summed E-state index contributed by atoms with van der Waals surface area (Å²) < 4.78 is 1.69. The van der Waals surface area contributed by atoms with Gasteiger partial charge in [0.15, 0.2) is 0 Å². The van der Waals surface area contributed by atoms with Crippen molar-refractivity contribution >= 4 is 27.5 Å². The van der Waals surface area contributed by atoms with Gasteiger partial charge < -0.3 is 5.73 Å². The van der Waals surface area contributed by atoms with Crippen LogP contribution in [0.5, 0.6) is 0 Å². The summed E-state index contributed by atoms with van der Waals surface area (Å²) in [4.78, 5) is 19.5. The van der Waals surface area contributed by atoms with Crippen molar-refractivity contribution < 1.29 is 4.79 Å². The van der Waals surface area contributed by atoms with Crippen LogP contribution < -0.4 is 5.73 Å². The van der Waals surface area contributed by atoms with Crippen molar-refractivity contribution in [1.82, 2.24) is 19.7 Å². The highest BCUT2D eigenvalue weighted by Crippen LogP contribution is 2.05. The molecule has 0 spiro atoms. The van der Waals surface area contributed by atoms with E-state index in [9.17, 15) is 4.79 Å². The zero-order valence-electron chi connectivity index (χ0n) is 7.46. The van der Waals surface area contributed by atoms with E-state index in [-0.39, 0.29) is 11.6 Å². The molecule has 0 aromatic carbocycles. The van der Waals surface area contributed by atoms with Gasteiger partial charge in [-0.3, -0.25) is 4.79 Å². The molecule has 2 N–H and O–H groups in total. The minimum atomic E-state index is -0.369. The molecule has 0 aliphatic heterocycles. The maximum Gasteiger partial charge on any atom is 0.298 e. The molecule has 2 aromatic heterocycles. The van der Waals surface area contributed by atoms with Gasteiger partial charge in [-0.2, -0.15) is 5.10 Å². The third-order valence-electron chi connectivity index (χ3n) is 1.65. The van der Waals surface area contributed by atoms with Crippen LogP contribution in [0.25, 0.3) is 0 Å². The van der Waals surface area contributed by atoms with E-state index in [1.807, 2.05) is 0 Å². The van der Waals surface area contributed by atoms with Gasteiger partial charge in [-0.25, -0.2) is 14.6 Å². The zero-order valence-corrected chi connectivity index (χ0v) is 9.05. The van der Waals surface area contributed by atoms with Crippen LogP contribution in [0.15, 0.2) is 29.4 Å². The maximum absolute atomic E-state index is 11.7. The van der Waals surface area contributed by atoms with Gasteiger partial charge in [-0.1, -0.05) is 0 Å². The Labute approximate surface area is 93.3 Å². The molecule has 2 aromatic rings. The Hall–Kier alpha value is -1.76. The molecular weight excluding hydrogens is 262 g/mol. The van der Waals surface area contributed by atoms with Gasteiger partial charge in [0.25, 0.3) is 5.91 Å². The quantitative estimate of drug-likeness (QED) is 0.822. The SMILES string of the molecule is Nc1cnn(C(=O)c2cnc(Br)cn2)c1. The third kappa shape index (κ3) is 2.01. The number of carbonyl (C=O) groups is 1. The molecule has 0 fully saturated rings. The van der Waals surface area contributed by atoms with Crippen LogP contribution >= 0.6 is 15.9 Å². The number of nitrogen functional groups attached to an aromatic ring is 1. The Morgan fingerprint density at radius 2 is 2.13 bits per heavy atom. The molecule has 0 radical (unpaired) electrons. The van der Waals surface area contributed by atoms with E-state index in [0.29, 0.717) is 10.3 Å². The van der Waals surface area contributed by atoms with Crippen LogP contribution in [0, 0.1) is 0 Å². The lowest BCUT2D eigenvalue weighted by molar-refractivity contribution is 0.0939. The van der Waals surface area contributed by atoms with E-state index in [1.54, 1.807) is 0 Å². The number of halogens is 1. The van der Waals surface area contributed by atoms with Gasteiger partial charge in [0.05, 0.1) is 30.5 Å². The van der Waals surface area contributed by atoms with E-state index in [4.69, 9.17) is 5.73 Å². The van der Waals surface area contributed by atoms with Crippen LogP contribution in [-0.2, 0) is 0 Å². The fraction of sp³-hybridized carbons (Fsp3) is 0. The summed E-state index contributed by atoms with van der Waals surface area (Å²) in [6.07, 6.45) is 5.63. The number of nitrogens with two attached hydrogens (primary N) is 1. The van der Waals surface area contributed by atoms with E-state index >= 15 is 0 Å². The normalized spacial score (nSPS) is 10.2. The van der Waals surface area contributed by atoms with Crippen molar-refractivity contribution in [2.24, 2.45) is 0 Å². The van der Waals surface area contributed by atoms with Crippen molar-refractivity contribution in [3.8, 4) is 0 Å². The summed E-state index contributed by atoms with van der Waals surface area (Å²) in [7, 11) is 0. The van der Waals surface area contributed by atoms with Crippen molar-refractivity contribution in [3.63, 3.8) is 0 Å². The Bertz CT molecular complexity index is 492. The Kier molecular flexibility index (Phi) is 2.46. The summed E-state index contributed by atoms with van der Waals surface area (Å²) in [5, 5.41) is 3.78. The van der Waals surface area contributed by atoms with Crippen LogP contribution in [0.4, 0.5) is 5.69 Å². The summed E-state index contributed by atoms with van der Waals surface area (Å²) in [6.45, 7) is 0. The number of nitrogens with zero attached hydrogens (tertiary/aromatic N) is 4. The second-order valence-corrected chi connectivity index (χ2v) is 3.56. The first kappa shape index (κ1) is 9.78. The van der Waals surface area contributed by atoms with Gasteiger partial charge in [-0.05, 0) is 15.9 Å². The zero-order chi connectivity index (χ0) is 10.8. The molecule has 76 valence electrons. The smallest absolute Gasteiger partial charge is 0.298 e. The van der Waals surface area contributed by atoms with Crippen LogP contribution in [0.3, 0.4) is 0 Å². The van der Waals surface area contributed by atoms with Crippen molar-refractivity contribution in [1.29, 1.82) is 0 Å². The van der Waals surface area contributed by atoms with Gasteiger partial charge in [0.2, 0.25) is 0 Å². The lowest BCUT2D eigenvalue weighted by atomic mass is 10.4. The molecule has 15 heavy (non-hydrogen) atoms. The fourth-order valence-electron chi connectivity index (χ4n) is 0.988. The molecule has 6 nitrogen and oxygen atoms in total. The molecule has 0 saturated carbocycles. The van der Waals surface area contributed by atoms with Gasteiger partial charge in [0.1, 0.15) is 10.3 Å². The number of rotatable bonds is 1. The number of carbonyl (C=O) groups excluding carboxylic acids is 1. The molecule has 0 aliphatic rings. The highest BCUT2D eigenvalue weighted by molar-refractivity contribution is 9.10. The van der Waals surface area contributed by atoms with Crippen LogP contribution in [-0.4, -0.2) is 25.7 Å². The van der Waals surface area contributed by atoms with Crippen molar-refractivity contribution in [3.05, 3.63) is 35.1 Å². The third-order valence-corrected chi connectivity index (χ3v) is 2.06. The number of anilines is 1. The molecule has 0 bridgehead atoms. The average molecular weight is 268 g/mol. The van der Waals surface area contributed by atoms with E-state index in [0.717, 1.165) is 4.68 Å².